The lowest BCUT2D eigenvalue weighted by atomic mass is 9.48. The van der Waals surface area contributed by atoms with Crippen LogP contribution in [0, 0.1) is 23.2 Å². The number of fused-ring (bicyclic) bond motifs is 4. The molecule has 8 unspecified atom stereocenters. The van der Waals surface area contributed by atoms with Crippen molar-refractivity contribution >= 4 is 17.9 Å². The van der Waals surface area contributed by atoms with E-state index in [9.17, 15) is 24.6 Å². The van der Waals surface area contributed by atoms with Crippen molar-refractivity contribution in [1.29, 1.82) is 0 Å². The van der Waals surface area contributed by atoms with Crippen LogP contribution < -0.4 is 0 Å². The first kappa shape index (κ1) is 24.5. The summed E-state index contributed by atoms with van der Waals surface area (Å²) in [4.78, 5) is 38.1. The number of allylic oxidation sites excluding steroid dienone is 1. The van der Waals surface area contributed by atoms with E-state index in [2.05, 4.69) is 6.58 Å². The van der Waals surface area contributed by atoms with Crippen LogP contribution in [-0.2, 0) is 28.6 Å². The fraction of sp³-hybridized carbons (Fsp3) is 0.708. The number of rotatable bonds is 4. The monoisotopic (exact) mass is 450 g/mol. The molecule has 8 atom stereocenters. The van der Waals surface area contributed by atoms with Crippen LogP contribution in [-0.4, -0.2) is 58.1 Å². The second kappa shape index (κ2) is 8.30. The van der Waals surface area contributed by atoms with Crippen LogP contribution in [0.2, 0.25) is 0 Å². The van der Waals surface area contributed by atoms with Crippen molar-refractivity contribution in [1.82, 2.24) is 0 Å². The summed E-state index contributed by atoms with van der Waals surface area (Å²) >= 11 is 0. The van der Waals surface area contributed by atoms with Gasteiger partial charge in [-0.05, 0) is 33.6 Å². The van der Waals surface area contributed by atoms with Gasteiger partial charge in [0.05, 0.1) is 23.5 Å². The summed E-state index contributed by atoms with van der Waals surface area (Å²) < 4.78 is 17.4. The maximum absolute atomic E-state index is 12.7. The van der Waals surface area contributed by atoms with Gasteiger partial charge in [-0.1, -0.05) is 33.4 Å². The average Bonchev–Trinajstić information content (AvgIpc) is 2.71. The Balaban J connectivity index is 2.19. The SMILES string of the molecule is C=C1C(=O)OC2C(OC(=O)C(C)=CC)C1C(OC(=O)C(C)C)C1C(C)(O)CCC(O)C21C. The van der Waals surface area contributed by atoms with Crippen LogP contribution in [0.5, 0.6) is 0 Å². The third kappa shape index (κ3) is 3.67. The molecule has 3 fully saturated rings. The Kier molecular flexibility index (Phi) is 6.34. The first-order valence-electron chi connectivity index (χ1n) is 11.1. The standard InChI is InChI=1S/C24H34O8/c1-8-12(4)21(27)31-17-15-13(5)22(28)32-19(17)24(7)14(25)9-10-23(6,29)18(24)16(15)30-20(26)11(2)3/h8,11,14-19,25,29H,5,9-10H2,1-4,6-7H3. The highest BCUT2D eigenvalue weighted by Gasteiger charge is 2.72. The summed E-state index contributed by atoms with van der Waals surface area (Å²) in [6.45, 7) is 13.8. The second-order valence-corrected chi connectivity index (χ2v) is 10.0. The third-order valence-electron chi connectivity index (χ3n) is 7.55. The minimum atomic E-state index is -1.33. The molecule has 2 bridgehead atoms. The highest BCUT2D eigenvalue weighted by atomic mass is 16.6. The lowest BCUT2D eigenvalue weighted by Crippen LogP contribution is -2.75. The molecule has 0 aromatic rings. The molecule has 0 amide bonds. The van der Waals surface area contributed by atoms with Crippen molar-refractivity contribution in [2.45, 2.75) is 84.4 Å². The van der Waals surface area contributed by atoms with Crippen LogP contribution in [0.25, 0.3) is 0 Å². The van der Waals surface area contributed by atoms with Crippen molar-refractivity contribution < 1.29 is 38.8 Å². The molecule has 8 nitrogen and oxygen atoms in total. The summed E-state index contributed by atoms with van der Waals surface area (Å²) in [7, 11) is 0. The van der Waals surface area contributed by atoms with Gasteiger partial charge in [-0.2, -0.15) is 0 Å². The molecule has 0 spiro atoms. The molecule has 178 valence electrons. The van der Waals surface area contributed by atoms with E-state index in [4.69, 9.17) is 14.2 Å². The van der Waals surface area contributed by atoms with Gasteiger partial charge in [0.1, 0.15) is 12.2 Å². The highest BCUT2D eigenvalue weighted by Crippen LogP contribution is 2.60. The molecule has 2 aliphatic carbocycles. The van der Waals surface area contributed by atoms with E-state index in [0.29, 0.717) is 5.57 Å². The molecule has 3 rings (SSSR count). The van der Waals surface area contributed by atoms with Gasteiger partial charge in [0, 0.05) is 22.5 Å². The third-order valence-corrected chi connectivity index (χ3v) is 7.55. The molecule has 0 aromatic heterocycles. The molecular weight excluding hydrogens is 416 g/mol. The Labute approximate surface area is 188 Å². The zero-order valence-electron chi connectivity index (χ0n) is 19.6. The number of hydrogen-bond acceptors (Lipinski definition) is 8. The van der Waals surface area contributed by atoms with Gasteiger partial charge >= 0.3 is 17.9 Å². The van der Waals surface area contributed by atoms with Gasteiger partial charge in [0.2, 0.25) is 0 Å². The van der Waals surface area contributed by atoms with Gasteiger partial charge in [-0.25, -0.2) is 9.59 Å². The molecule has 1 saturated heterocycles. The summed E-state index contributed by atoms with van der Waals surface area (Å²) in [5, 5.41) is 22.5. The molecule has 32 heavy (non-hydrogen) atoms. The summed E-state index contributed by atoms with van der Waals surface area (Å²) in [5.41, 5.74) is -2.19. The molecular formula is C24H34O8. The van der Waals surface area contributed by atoms with Crippen LogP contribution >= 0.6 is 0 Å². The number of ether oxygens (including phenoxy) is 3. The Morgan fingerprint density at radius 1 is 1.25 bits per heavy atom. The van der Waals surface area contributed by atoms with Crippen molar-refractivity contribution in [2.75, 3.05) is 0 Å². The van der Waals surface area contributed by atoms with Gasteiger partial charge < -0.3 is 24.4 Å². The molecule has 0 radical (unpaired) electrons. The summed E-state index contributed by atoms with van der Waals surface area (Å²) in [5.74, 6) is -3.98. The molecule has 0 aromatic carbocycles. The smallest absolute Gasteiger partial charge is 0.334 e. The normalized spacial score (nSPS) is 41.6. The predicted molar refractivity (Wildman–Crippen MR) is 114 cm³/mol. The Hall–Kier alpha value is -2.19. The quantitative estimate of drug-likeness (QED) is 0.380. The van der Waals surface area contributed by atoms with E-state index in [-0.39, 0.29) is 18.4 Å². The zero-order valence-corrected chi connectivity index (χ0v) is 19.6. The topological polar surface area (TPSA) is 119 Å². The zero-order chi connectivity index (χ0) is 24.2. The van der Waals surface area contributed by atoms with E-state index in [0.717, 1.165) is 0 Å². The van der Waals surface area contributed by atoms with Gasteiger partial charge in [-0.15, -0.1) is 0 Å². The number of carbonyl (C=O) groups excluding carboxylic acids is 3. The van der Waals surface area contributed by atoms with Crippen molar-refractivity contribution in [3.05, 3.63) is 23.8 Å². The van der Waals surface area contributed by atoms with E-state index in [1.807, 2.05) is 0 Å². The van der Waals surface area contributed by atoms with Crippen molar-refractivity contribution in [3.63, 3.8) is 0 Å². The first-order valence-corrected chi connectivity index (χ1v) is 11.1. The van der Waals surface area contributed by atoms with Crippen LogP contribution in [0.3, 0.4) is 0 Å². The minimum Gasteiger partial charge on any atom is -0.461 e. The number of esters is 3. The maximum Gasteiger partial charge on any atom is 0.334 e. The largest absolute Gasteiger partial charge is 0.461 e. The first-order chi connectivity index (χ1) is 14.8. The van der Waals surface area contributed by atoms with Gasteiger partial charge in [0.25, 0.3) is 0 Å². The van der Waals surface area contributed by atoms with Crippen LogP contribution in [0.1, 0.15) is 54.4 Å². The highest BCUT2D eigenvalue weighted by molar-refractivity contribution is 5.91. The maximum atomic E-state index is 12.7. The molecule has 2 N–H and O–H groups in total. The molecule has 3 aliphatic rings. The number of aliphatic hydroxyl groups is 2. The van der Waals surface area contributed by atoms with E-state index in [1.165, 1.54) is 0 Å². The Morgan fingerprint density at radius 2 is 1.88 bits per heavy atom. The molecule has 8 heteroatoms. The number of hydrogen-bond donors (Lipinski definition) is 2. The lowest BCUT2D eigenvalue weighted by molar-refractivity contribution is -0.292. The average molecular weight is 451 g/mol. The van der Waals surface area contributed by atoms with E-state index in [1.54, 1.807) is 47.6 Å². The minimum absolute atomic E-state index is 0.0108. The molecule has 1 heterocycles. The summed E-state index contributed by atoms with van der Waals surface area (Å²) in [6, 6.07) is 0. The van der Waals surface area contributed by atoms with Gasteiger partial charge in [0.15, 0.2) is 6.10 Å². The second-order valence-electron chi connectivity index (χ2n) is 10.0. The number of aliphatic hydroxyl groups excluding tert-OH is 1. The fourth-order valence-electron chi connectivity index (χ4n) is 5.58. The van der Waals surface area contributed by atoms with Gasteiger partial charge in [-0.3, -0.25) is 4.79 Å². The number of carbonyl (C=O) groups is 3. The van der Waals surface area contributed by atoms with Crippen LogP contribution in [0.4, 0.5) is 0 Å². The lowest BCUT2D eigenvalue weighted by Gasteiger charge is -2.63. The Morgan fingerprint density at radius 3 is 2.44 bits per heavy atom. The van der Waals surface area contributed by atoms with Crippen LogP contribution in [0.15, 0.2) is 23.8 Å². The van der Waals surface area contributed by atoms with Crippen molar-refractivity contribution in [2.24, 2.45) is 23.2 Å². The van der Waals surface area contributed by atoms with E-state index >= 15 is 0 Å². The molecule has 1 aliphatic heterocycles. The van der Waals surface area contributed by atoms with E-state index < -0.39 is 71.1 Å². The predicted octanol–water partition coefficient (Wildman–Crippen LogP) is 2.07. The summed E-state index contributed by atoms with van der Waals surface area (Å²) in [6.07, 6.45) is -1.98. The Bertz CT molecular complexity index is 856. The fourth-order valence-corrected chi connectivity index (χ4v) is 5.58. The molecule has 2 saturated carbocycles. The van der Waals surface area contributed by atoms with Crippen molar-refractivity contribution in [3.8, 4) is 0 Å².